The maximum atomic E-state index is 12.0. The Morgan fingerprint density at radius 1 is 1.42 bits per heavy atom. The number of nitrogens with zero attached hydrogens (tertiary/aromatic N) is 2. The highest BCUT2D eigenvalue weighted by Crippen LogP contribution is 2.20. The van der Waals surface area contributed by atoms with Gasteiger partial charge in [-0.3, -0.25) is 4.68 Å². The molecule has 19 heavy (non-hydrogen) atoms. The molecule has 0 aliphatic rings. The van der Waals surface area contributed by atoms with E-state index in [-0.39, 0.29) is 17.3 Å². The van der Waals surface area contributed by atoms with E-state index >= 15 is 0 Å². The molecule has 4 N–H and O–H groups in total. The van der Waals surface area contributed by atoms with Gasteiger partial charge in [0.05, 0.1) is 6.20 Å². The average molecular weight is 282 g/mol. The molecule has 0 fully saturated rings. The van der Waals surface area contributed by atoms with Crippen molar-refractivity contribution in [2.75, 3.05) is 5.73 Å². The number of nitrogens with two attached hydrogens (primary N) is 1. The minimum atomic E-state index is -3.68. The van der Waals surface area contributed by atoms with E-state index in [9.17, 15) is 13.5 Å². The highest BCUT2D eigenvalue weighted by atomic mass is 32.2. The highest BCUT2D eigenvalue weighted by molar-refractivity contribution is 7.89. The van der Waals surface area contributed by atoms with Gasteiger partial charge in [-0.25, -0.2) is 13.1 Å². The van der Waals surface area contributed by atoms with Crippen molar-refractivity contribution in [2.24, 2.45) is 7.05 Å². The number of aromatic hydroxyl groups is 1. The lowest BCUT2D eigenvalue weighted by atomic mass is 10.2. The van der Waals surface area contributed by atoms with Crippen LogP contribution < -0.4 is 10.5 Å². The second-order valence-electron chi connectivity index (χ2n) is 4.01. The quantitative estimate of drug-likeness (QED) is 0.547. The molecule has 0 bridgehead atoms. The lowest BCUT2D eigenvalue weighted by Gasteiger charge is -2.08. The SMILES string of the molecule is Cn1nccc1S(=O)(=O)NCc1cc(N)ccc1O. The second-order valence-corrected chi connectivity index (χ2v) is 5.72. The van der Waals surface area contributed by atoms with Gasteiger partial charge in [0.1, 0.15) is 5.75 Å². The minimum Gasteiger partial charge on any atom is -0.508 e. The van der Waals surface area contributed by atoms with E-state index in [1.807, 2.05) is 0 Å². The van der Waals surface area contributed by atoms with E-state index in [1.54, 1.807) is 0 Å². The van der Waals surface area contributed by atoms with Gasteiger partial charge in [0.25, 0.3) is 10.0 Å². The predicted molar refractivity (Wildman–Crippen MR) is 69.8 cm³/mol. The van der Waals surface area contributed by atoms with Crippen molar-refractivity contribution < 1.29 is 13.5 Å². The molecule has 0 atom stereocenters. The van der Waals surface area contributed by atoms with Crippen LogP contribution in [0.5, 0.6) is 5.75 Å². The number of hydrogen-bond donors (Lipinski definition) is 3. The van der Waals surface area contributed by atoms with E-state index in [0.717, 1.165) is 0 Å². The number of nitrogens with one attached hydrogen (secondary N) is 1. The Morgan fingerprint density at radius 3 is 2.79 bits per heavy atom. The maximum Gasteiger partial charge on any atom is 0.258 e. The molecule has 102 valence electrons. The first-order chi connectivity index (χ1) is 8.90. The Labute approximate surface area is 110 Å². The summed E-state index contributed by atoms with van der Waals surface area (Å²) in [5.41, 5.74) is 6.44. The minimum absolute atomic E-state index is 0.0121. The molecule has 0 unspecified atom stereocenters. The number of anilines is 1. The van der Waals surface area contributed by atoms with Gasteiger partial charge in [-0.2, -0.15) is 5.10 Å². The summed E-state index contributed by atoms with van der Waals surface area (Å²) >= 11 is 0. The summed E-state index contributed by atoms with van der Waals surface area (Å²) in [5.74, 6) is -0.0121. The summed E-state index contributed by atoms with van der Waals surface area (Å²) in [6.07, 6.45) is 1.40. The van der Waals surface area contributed by atoms with Gasteiger partial charge in [0.15, 0.2) is 5.03 Å². The van der Waals surface area contributed by atoms with Crippen molar-refractivity contribution in [1.29, 1.82) is 0 Å². The molecule has 0 saturated heterocycles. The Hall–Kier alpha value is -2.06. The van der Waals surface area contributed by atoms with Gasteiger partial charge in [-0.15, -0.1) is 0 Å². The van der Waals surface area contributed by atoms with E-state index < -0.39 is 10.0 Å². The number of phenols is 1. The van der Waals surface area contributed by atoms with Crippen LogP contribution in [0.15, 0.2) is 35.5 Å². The predicted octanol–water partition coefficient (Wildman–Crippen LogP) is 0.186. The van der Waals surface area contributed by atoms with Gasteiger partial charge in [-0.05, 0) is 24.3 Å². The van der Waals surface area contributed by atoms with Crippen LogP contribution >= 0.6 is 0 Å². The van der Waals surface area contributed by atoms with Crippen LogP contribution in [0, 0.1) is 0 Å². The first kappa shape index (κ1) is 13.4. The zero-order valence-corrected chi connectivity index (χ0v) is 11.1. The molecule has 7 nitrogen and oxygen atoms in total. The molecule has 1 heterocycles. The van der Waals surface area contributed by atoms with Gasteiger partial charge in [0.2, 0.25) is 0 Å². The summed E-state index contributed by atoms with van der Waals surface area (Å²) in [7, 11) is -2.14. The van der Waals surface area contributed by atoms with Crippen molar-refractivity contribution in [3.63, 3.8) is 0 Å². The Balaban J connectivity index is 2.19. The fraction of sp³-hybridized carbons (Fsp3) is 0.182. The second kappa shape index (κ2) is 4.90. The molecule has 0 aliphatic carbocycles. The van der Waals surface area contributed by atoms with Gasteiger partial charge >= 0.3 is 0 Å². The monoisotopic (exact) mass is 282 g/mol. The average Bonchev–Trinajstić information content (AvgIpc) is 2.78. The zero-order valence-electron chi connectivity index (χ0n) is 10.2. The molecule has 1 aromatic heterocycles. The molecular weight excluding hydrogens is 268 g/mol. The standard InChI is InChI=1S/C11H14N4O3S/c1-15-11(4-5-13-15)19(17,18)14-7-8-6-9(12)2-3-10(8)16/h2-6,14,16H,7,12H2,1H3. The van der Waals surface area contributed by atoms with Gasteiger partial charge < -0.3 is 10.8 Å². The Bertz CT molecular complexity index is 694. The largest absolute Gasteiger partial charge is 0.508 e. The normalized spacial score (nSPS) is 11.6. The molecule has 0 radical (unpaired) electrons. The van der Waals surface area contributed by atoms with Crippen molar-refractivity contribution in [3.05, 3.63) is 36.0 Å². The molecule has 2 rings (SSSR count). The number of phenolic OH excluding ortho intramolecular Hbond substituents is 1. The third-order valence-corrected chi connectivity index (χ3v) is 4.08. The lowest BCUT2D eigenvalue weighted by molar-refractivity contribution is 0.467. The summed E-state index contributed by atoms with van der Waals surface area (Å²) < 4.78 is 27.6. The van der Waals surface area contributed by atoms with E-state index in [2.05, 4.69) is 9.82 Å². The van der Waals surface area contributed by atoms with Crippen LogP contribution in [0.3, 0.4) is 0 Å². The van der Waals surface area contributed by atoms with Crippen LogP contribution in [0.2, 0.25) is 0 Å². The third kappa shape index (κ3) is 2.85. The van der Waals surface area contributed by atoms with Crippen molar-refractivity contribution in [2.45, 2.75) is 11.6 Å². The number of aromatic nitrogens is 2. The van der Waals surface area contributed by atoms with Crippen LogP contribution in [-0.4, -0.2) is 23.3 Å². The summed E-state index contributed by atoms with van der Waals surface area (Å²) in [5, 5.41) is 13.5. The molecule has 8 heteroatoms. The fourth-order valence-corrected chi connectivity index (χ4v) is 2.75. The van der Waals surface area contributed by atoms with E-state index in [4.69, 9.17) is 5.73 Å². The smallest absolute Gasteiger partial charge is 0.258 e. The molecule has 0 aliphatic heterocycles. The number of rotatable bonds is 4. The first-order valence-electron chi connectivity index (χ1n) is 5.45. The molecule has 0 amide bonds. The molecule has 0 saturated carbocycles. The Kier molecular flexibility index (Phi) is 3.45. The van der Waals surface area contributed by atoms with Gasteiger partial charge in [0, 0.05) is 24.8 Å². The Morgan fingerprint density at radius 2 is 2.16 bits per heavy atom. The fourth-order valence-electron chi connectivity index (χ4n) is 1.62. The highest BCUT2D eigenvalue weighted by Gasteiger charge is 2.18. The first-order valence-corrected chi connectivity index (χ1v) is 6.93. The van der Waals surface area contributed by atoms with Crippen molar-refractivity contribution in [1.82, 2.24) is 14.5 Å². The van der Waals surface area contributed by atoms with Crippen LogP contribution in [-0.2, 0) is 23.6 Å². The van der Waals surface area contributed by atoms with Crippen LogP contribution in [0.25, 0.3) is 0 Å². The number of hydrogen-bond acceptors (Lipinski definition) is 5. The third-order valence-electron chi connectivity index (χ3n) is 2.61. The topological polar surface area (TPSA) is 110 Å². The molecule has 1 aromatic carbocycles. The lowest BCUT2D eigenvalue weighted by Crippen LogP contribution is -2.25. The number of aryl methyl sites for hydroxylation is 1. The summed E-state index contributed by atoms with van der Waals surface area (Å²) in [6, 6.07) is 5.86. The summed E-state index contributed by atoms with van der Waals surface area (Å²) in [4.78, 5) is 0. The maximum absolute atomic E-state index is 12.0. The summed E-state index contributed by atoms with van der Waals surface area (Å²) in [6.45, 7) is -0.0512. The molecular formula is C11H14N4O3S. The van der Waals surface area contributed by atoms with Gasteiger partial charge in [-0.1, -0.05) is 0 Å². The van der Waals surface area contributed by atoms with E-state index in [0.29, 0.717) is 11.3 Å². The number of nitrogen functional groups attached to an aromatic ring is 1. The number of benzene rings is 1. The molecule has 0 spiro atoms. The zero-order chi connectivity index (χ0) is 14.0. The van der Waals surface area contributed by atoms with Crippen molar-refractivity contribution in [3.8, 4) is 5.75 Å². The van der Waals surface area contributed by atoms with E-state index in [1.165, 1.54) is 42.2 Å². The number of sulfonamides is 1. The van der Waals surface area contributed by atoms with Crippen molar-refractivity contribution >= 4 is 15.7 Å². The van der Waals surface area contributed by atoms with Crippen LogP contribution in [0.1, 0.15) is 5.56 Å². The van der Waals surface area contributed by atoms with Crippen LogP contribution in [0.4, 0.5) is 5.69 Å². The molecule has 2 aromatic rings.